The molecule has 2 saturated heterocycles. The molecule has 0 aromatic heterocycles. The van der Waals surface area contributed by atoms with Gasteiger partial charge in [-0.05, 0) is 96.4 Å². The predicted octanol–water partition coefficient (Wildman–Crippen LogP) is 5.86. The fourth-order valence-corrected chi connectivity index (χ4v) is 6.57. The van der Waals surface area contributed by atoms with E-state index in [0.29, 0.717) is 6.04 Å². The van der Waals surface area contributed by atoms with Crippen molar-refractivity contribution in [3.63, 3.8) is 0 Å². The molecule has 2 saturated carbocycles. The Bertz CT molecular complexity index is 451. The molecular formula is C27H56Cl2N4. The smallest absolute Gasteiger partial charge is 0.0104 e. The first-order valence-electron chi connectivity index (χ1n) is 14.1. The van der Waals surface area contributed by atoms with Crippen molar-refractivity contribution in [2.45, 2.75) is 115 Å². The molecule has 0 unspecified atom stereocenters. The van der Waals surface area contributed by atoms with Gasteiger partial charge in [-0.1, -0.05) is 51.4 Å². The molecule has 4 aliphatic rings. The Labute approximate surface area is 218 Å². The van der Waals surface area contributed by atoms with Crippen LogP contribution in [0.1, 0.15) is 103 Å². The lowest BCUT2D eigenvalue weighted by Crippen LogP contribution is -2.43. The number of rotatable bonds is 5. The average molecular weight is 508 g/mol. The first-order chi connectivity index (χ1) is 15.3. The van der Waals surface area contributed by atoms with Crippen LogP contribution in [-0.4, -0.2) is 68.2 Å². The van der Waals surface area contributed by atoms with Gasteiger partial charge in [-0.3, -0.25) is 0 Å². The SMILES string of the molecule is CN[C@@H]1CCCC[C@H]1CN1CCCCCC1.Cl.Cl.N[C@@H]1CCCC[C@H]1CN1CCCCCC1. The van der Waals surface area contributed by atoms with Gasteiger partial charge in [0.1, 0.15) is 0 Å². The molecular weight excluding hydrogens is 451 g/mol. The van der Waals surface area contributed by atoms with E-state index in [-0.39, 0.29) is 24.8 Å². The van der Waals surface area contributed by atoms with Gasteiger partial charge in [-0.15, -0.1) is 24.8 Å². The van der Waals surface area contributed by atoms with Gasteiger partial charge in [0.05, 0.1) is 0 Å². The zero-order valence-corrected chi connectivity index (χ0v) is 23.3. The molecule has 2 aliphatic heterocycles. The van der Waals surface area contributed by atoms with Crippen LogP contribution in [0.5, 0.6) is 0 Å². The van der Waals surface area contributed by atoms with E-state index in [0.717, 1.165) is 17.9 Å². The van der Waals surface area contributed by atoms with Crippen LogP contribution in [0.25, 0.3) is 0 Å². The molecule has 6 heteroatoms. The van der Waals surface area contributed by atoms with Crippen molar-refractivity contribution in [1.82, 2.24) is 15.1 Å². The molecule has 3 N–H and O–H groups in total. The van der Waals surface area contributed by atoms with E-state index < -0.39 is 0 Å². The number of nitrogens with zero attached hydrogens (tertiary/aromatic N) is 2. The van der Waals surface area contributed by atoms with E-state index in [1.54, 1.807) is 0 Å². The Morgan fingerprint density at radius 3 is 1.48 bits per heavy atom. The van der Waals surface area contributed by atoms with Crippen molar-refractivity contribution in [2.75, 3.05) is 46.3 Å². The Morgan fingerprint density at radius 2 is 1.00 bits per heavy atom. The molecule has 4 rings (SSSR count). The molecule has 2 heterocycles. The van der Waals surface area contributed by atoms with Crippen LogP contribution in [0.2, 0.25) is 0 Å². The minimum absolute atomic E-state index is 0. The number of halogens is 2. The third-order valence-corrected chi connectivity index (χ3v) is 8.63. The Balaban J connectivity index is 0.000000312. The maximum absolute atomic E-state index is 6.21. The van der Waals surface area contributed by atoms with Crippen LogP contribution in [0.4, 0.5) is 0 Å². The van der Waals surface area contributed by atoms with E-state index in [2.05, 4.69) is 22.2 Å². The van der Waals surface area contributed by atoms with Crippen LogP contribution in [0.15, 0.2) is 0 Å². The molecule has 33 heavy (non-hydrogen) atoms. The summed E-state index contributed by atoms with van der Waals surface area (Å²) in [7, 11) is 2.14. The van der Waals surface area contributed by atoms with Crippen molar-refractivity contribution in [2.24, 2.45) is 17.6 Å². The minimum Gasteiger partial charge on any atom is -0.327 e. The van der Waals surface area contributed by atoms with Crippen LogP contribution >= 0.6 is 24.8 Å². The van der Waals surface area contributed by atoms with E-state index in [1.165, 1.54) is 142 Å². The molecule has 4 fully saturated rings. The van der Waals surface area contributed by atoms with Gasteiger partial charge in [0.25, 0.3) is 0 Å². The maximum Gasteiger partial charge on any atom is 0.0104 e. The van der Waals surface area contributed by atoms with E-state index in [9.17, 15) is 0 Å². The molecule has 0 amide bonds. The van der Waals surface area contributed by atoms with E-state index in [1.807, 2.05) is 0 Å². The van der Waals surface area contributed by atoms with Crippen molar-refractivity contribution < 1.29 is 0 Å². The Kier molecular flexibility index (Phi) is 17.8. The fraction of sp³-hybridized carbons (Fsp3) is 1.00. The second-order valence-corrected chi connectivity index (χ2v) is 11.1. The molecule has 0 bridgehead atoms. The van der Waals surface area contributed by atoms with Gasteiger partial charge in [0, 0.05) is 25.2 Å². The lowest BCUT2D eigenvalue weighted by Gasteiger charge is -2.35. The van der Waals surface area contributed by atoms with Gasteiger partial charge < -0.3 is 20.9 Å². The van der Waals surface area contributed by atoms with Crippen molar-refractivity contribution >= 4 is 24.8 Å². The summed E-state index contributed by atoms with van der Waals surface area (Å²) < 4.78 is 0. The lowest BCUT2D eigenvalue weighted by atomic mass is 9.84. The zero-order chi connectivity index (χ0) is 21.7. The summed E-state index contributed by atoms with van der Waals surface area (Å²) in [6, 6.07) is 1.28. The monoisotopic (exact) mass is 506 g/mol. The van der Waals surface area contributed by atoms with Crippen molar-refractivity contribution in [1.29, 1.82) is 0 Å². The van der Waals surface area contributed by atoms with Gasteiger partial charge in [0.2, 0.25) is 0 Å². The molecule has 0 spiro atoms. The summed E-state index contributed by atoms with van der Waals surface area (Å²) in [4.78, 5) is 5.40. The second-order valence-electron chi connectivity index (χ2n) is 11.1. The standard InChI is InChI=1S/C14H28N2.C13H26N2.2ClH/c1-15-14-9-5-4-8-13(14)12-16-10-6-2-3-7-11-16;14-13-8-4-3-7-12(13)11-15-9-5-1-2-6-10-15;;/h13-15H,2-12H2,1H3;12-13H,1-11,14H2;2*1H/t13-,14+;12-,13+;;/m00../s1. The highest BCUT2D eigenvalue weighted by Crippen LogP contribution is 2.26. The summed E-state index contributed by atoms with van der Waals surface area (Å²) in [5.41, 5.74) is 6.21. The second kappa shape index (κ2) is 18.7. The number of hydrogen-bond acceptors (Lipinski definition) is 4. The maximum atomic E-state index is 6.21. The van der Waals surface area contributed by atoms with Gasteiger partial charge in [-0.2, -0.15) is 0 Å². The highest BCUT2D eigenvalue weighted by atomic mass is 35.5. The van der Waals surface area contributed by atoms with E-state index >= 15 is 0 Å². The summed E-state index contributed by atoms with van der Waals surface area (Å²) in [6.07, 6.45) is 22.6. The number of likely N-dealkylation sites (tertiary alicyclic amines) is 2. The normalized spacial score (nSPS) is 32.2. The average Bonchev–Trinajstić information content (AvgIpc) is 3.21. The molecule has 0 aromatic rings. The number of hydrogen-bond donors (Lipinski definition) is 2. The topological polar surface area (TPSA) is 44.5 Å². The minimum atomic E-state index is 0. The van der Waals surface area contributed by atoms with Crippen LogP contribution in [0.3, 0.4) is 0 Å². The fourth-order valence-electron chi connectivity index (χ4n) is 6.57. The van der Waals surface area contributed by atoms with Crippen LogP contribution < -0.4 is 11.1 Å². The summed E-state index contributed by atoms with van der Waals surface area (Å²) in [5.74, 6) is 1.70. The van der Waals surface area contributed by atoms with Crippen molar-refractivity contribution in [3.05, 3.63) is 0 Å². The third kappa shape index (κ3) is 11.8. The molecule has 4 atom stereocenters. The highest BCUT2D eigenvalue weighted by Gasteiger charge is 2.26. The van der Waals surface area contributed by atoms with Gasteiger partial charge >= 0.3 is 0 Å². The quantitative estimate of drug-likeness (QED) is 0.489. The molecule has 4 nitrogen and oxygen atoms in total. The molecule has 198 valence electrons. The summed E-state index contributed by atoms with van der Waals surface area (Å²) >= 11 is 0. The molecule has 2 aliphatic carbocycles. The number of nitrogens with two attached hydrogens (primary N) is 1. The van der Waals surface area contributed by atoms with E-state index in [4.69, 9.17) is 5.73 Å². The van der Waals surface area contributed by atoms with Crippen molar-refractivity contribution in [3.8, 4) is 0 Å². The molecule has 0 radical (unpaired) electrons. The summed E-state index contributed by atoms with van der Waals surface area (Å²) in [5, 5.41) is 3.53. The largest absolute Gasteiger partial charge is 0.327 e. The van der Waals surface area contributed by atoms with Crippen LogP contribution in [0, 0.1) is 11.8 Å². The zero-order valence-electron chi connectivity index (χ0n) is 21.7. The highest BCUT2D eigenvalue weighted by molar-refractivity contribution is 5.85. The van der Waals surface area contributed by atoms with Gasteiger partial charge in [0.15, 0.2) is 0 Å². The predicted molar refractivity (Wildman–Crippen MR) is 149 cm³/mol. The Morgan fingerprint density at radius 1 is 0.576 bits per heavy atom. The lowest BCUT2D eigenvalue weighted by molar-refractivity contribution is 0.175. The third-order valence-electron chi connectivity index (χ3n) is 8.63. The number of nitrogens with one attached hydrogen (secondary N) is 1. The van der Waals surface area contributed by atoms with Gasteiger partial charge in [-0.25, -0.2) is 0 Å². The van der Waals surface area contributed by atoms with Crippen LogP contribution in [-0.2, 0) is 0 Å². The summed E-state index contributed by atoms with van der Waals surface area (Å²) in [6.45, 7) is 7.99. The Hall–Kier alpha value is 0.420. The first-order valence-corrected chi connectivity index (χ1v) is 14.1. The first kappa shape index (κ1) is 31.4. The molecule has 0 aromatic carbocycles.